The normalized spacial score (nSPS) is 41.0. The number of unbranched alkanes of at least 4 members (excludes halogenated alkanes) is 1. The summed E-state index contributed by atoms with van der Waals surface area (Å²) in [6.07, 6.45) is 10.3. The molecule has 4 aliphatic carbocycles. The third kappa shape index (κ3) is 1.87. The largest absolute Gasteiger partial charge is 0.497 e. The van der Waals surface area contributed by atoms with E-state index in [1.54, 1.807) is 20.0 Å². The molecule has 2 unspecified atom stereocenters. The number of methoxy groups -OCH3 is 1. The summed E-state index contributed by atoms with van der Waals surface area (Å²) in [5, 5.41) is 0. The fourth-order valence-electron chi connectivity index (χ4n) is 7.19. The maximum absolute atomic E-state index is 5.33. The van der Waals surface area contributed by atoms with Crippen LogP contribution in [0.15, 0.2) is 24.3 Å². The first-order valence-electron chi connectivity index (χ1n) is 10.1. The predicted molar refractivity (Wildman–Crippen MR) is 97.0 cm³/mol. The summed E-state index contributed by atoms with van der Waals surface area (Å²) in [7, 11) is 1.75. The molecule has 0 heterocycles. The van der Waals surface area contributed by atoms with E-state index in [2.05, 4.69) is 36.1 Å². The molecule has 2 bridgehead atoms. The highest BCUT2D eigenvalue weighted by Crippen LogP contribution is 2.83. The SMILES string of the molecule is CCCCN(Cc1ccc(OC)cc1)C12CC3CC4CC(C1)C43C2. The van der Waals surface area contributed by atoms with E-state index in [1.165, 1.54) is 44.2 Å². The van der Waals surface area contributed by atoms with Crippen LogP contribution in [0, 0.1) is 23.2 Å². The van der Waals surface area contributed by atoms with Gasteiger partial charge in [0.25, 0.3) is 0 Å². The van der Waals surface area contributed by atoms with Crippen molar-refractivity contribution in [1.82, 2.24) is 4.90 Å². The minimum atomic E-state index is 0.537. The quantitative estimate of drug-likeness (QED) is 0.708. The highest BCUT2D eigenvalue weighted by Gasteiger charge is 2.78. The third-order valence-electron chi connectivity index (χ3n) is 8.29. The molecular weight excluding hydrogens is 294 g/mol. The van der Waals surface area contributed by atoms with Gasteiger partial charge < -0.3 is 4.74 Å². The molecule has 2 heteroatoms. The zero-order valence-electron chi connectivity index (χ0n) is 15.3. The van der Waals surface area contributed by atoms with Crippen LogP contribution in [0.3, 0.4) is 0 Å². The topological polar surface area (TPSA) is 12.5 Å². The predicted octanol–water partition coefficient (Wildman–Crippen LogP) is 4.88. The highest BCUT2D eigenvalue weighted by atomic mass is 16.5. The second kappa shape index (κ2) is 5.24. The van der Waals surface area contributed by atoms with E-state index in [0.29, 0.717) is 5.54 Å². The van der Waals surface area contributed by atoms with Crippen molar-refractivity contribution in [2.24, 2.45) is 23.2 Å². The Hall–Kier alpha value is -1.02. The number of rotatable bonds is 7. The van der Waals surface area contributed by atoms with E-state index in [9.17, 15) is 0 Å². The monoisotopic (exact) mass is 325 g/mol. The molecule has 1 aromatic rings. The average molecular weight is 325 g/mol. The molecular formula is C22H31NO. The molecule has 4 aliphatic rings. The molecule has 0 aliphatic heterocycles. The van der Waals surface area contributed by atoms with Gasteiger partial charge in [0.05, 0.1) is 7.11 Å². The van der Waals surface area contributed by atoms with Crippen molar-refractivity contribution < 1.29 is 4.74 Å². The first-order chi connectivity index (χ1) is 11.7. The molecule has 0 aromatic heterocycles. The number of fused-ring (bicyclic) bond motifs is 1. The number of hydrogen-bond donors (Lipinski definition) is 0. The van der Waals surface area contributed by atoms with E-state index in [4.69, 9.17) is 4.74 Å². The standard InChI is InChI=1S/C22H31NO/c1-3-4-9-23(14-16-5-7-20(24-2)8-6-16)21-12-18-10-17-11-19(13-21)22(17,18)15-21/h5-8,17-19H,3-4,9-15H2,1-2H3. The van der Waals surface area contributed by atoms with Crippen LogP contribution in [-0.2, 0) is 6.54 Å². The number of hydrogen-bond acceptors (Lipinski definition) is 2. The number of nitrogens with zero attached hydrogens (tertiary/aromatic N) is 1. The smallest absolute Gasteiger partial charge is 0.118 e. The second-order valence-electron chi connectivity index (χ2n) is 9.11. The highest BCUT2D eigenvalue weighted by molar-refractivity contribution is 5.31. The molecule has 2 atom stereocenters. The van der Waals surface area contributed by atoms with E-state index < -0.39 is 0 Å². The summed E-state index contributed by atoms with van der Waals surface area (Å²) in [5.41, 5.74) is 2.81. The van der Waals surface area contributed by atoms with Crippen molar-refractivity contribution in [1.29, 1.82) is 0 Å². The zero-order chi connectivity index (χ0) is 16.4. The van der Waals surface area contributed by atoms with Crippen LogP contribution in [-0.4, -0.2) is 24.1 Å². The molecule has 5 rings (SSSR count). The van der Waals surface area contributed by atoms with Crippen LogP contribution in [0.1, 0.15) is 57.4 Å². The van der Waals surface area contributed by atoms with Crippen molar-refractivity contribution in [3.8, 4) is 5.75 Å². The van der Waals surface area contributed by atoms with E-state index >= 15 is 0 Å². The van der Waals surface area contributed by atoms with Crippen LogP contribution < -0.4 is 4.74 Å². The van der Waals surface area contributed by atoms with Gasteiger partial charge >= 0.3 is 0 Å². The Morgan fingerprint density at radius 3 is 2.33 bits per heavy atom. The summed E-state index contributed by atoms with van der Waals surface area (Å²) in [4.78, 5) is 2.90. The van der Waals surface area contributed by atoms with Crippen molar-refractivity contribution >= 4 is 0 Å². The first kappa shape index (κ1) is 15.3. The minimum absolute atomic E-state index is 0.537. The lowest BCUT2D eigenvalue weighted by atomic mass is 9.38. The Bertz CT molecular complexity index is 605. The fourth-order valence-corrected chi connectivity index (χ4v) is 7.19. The summed E-state index contributed by atoms with van der Waals surface area (Å²) in [6, 6.07) is 8.78. The van der Waals surface area contributed by atoms with Crippen molar-refractivity contribution in [3.05, 3.63) is 29.8 Å². The molecule has 0 amide bonds. The summed E-state index contributed by atoms with van der Waals surface area (Å²) in [5.74, 6) is 4.24. The number of benzene rings is 1. The van der Waals surface area contributed by atoms with Crippen molar-refractivity contribution in [2.45, 2.75) is 64.0 Å². The molecule has 1 spiro atoms. The molecule has 130 valence electrons. The van der Waals surface area contributed by atoms with Gasteiger partial charge in [0.2, 0.25) is 0 Å². The lowest BCUT2D eigenvalue weighted by molar-refractivity contribution is -0.178. The lowest BCUT2D eigenvalue weighted by Crippen LogP contribution is -2.60. The first-order valence-corrected chi connectivity index (χ1v) is 10.1. The van der Waals surface area contributed by atoms with Gasteiger partial charge in [-0.3, -0.25) is 4.90 Å². The minimum Gasteiger partial charge on any atom is -0.497 e. The lowest BCUT2D eigenvalue weighted by Gasteiger charge is -2.66. The molecule has 0 radical (unpaired) electrons. The Balaban J connectivity index is 1.38. The van der Waals surface area contributed by atoms with Crippen LogP contribution in [0.25, 0.3) is 0 Å². The molecule has 0 N–H and O–H groups in total. The van der Waals surface area contributed by atoms with Gasteiger partial charge in [-0.1, -0.05) is 25.5 Å². The number of ether oxygens (including phenoxy) is 1. The van der Waals surface area contributed by atoms with Crippen LogP contribution in [0.5, 0.6) is 5.75 Å². The second-order valence-corrected chi connectivity index (χ2v) is 9.11. The maximum atomic E-state index is 5.33. The third-order valence-corrected chi connectivity index (χ3v) is 8.29. The fraction of sp³-hybridized carbons (Fsp3) is 0.727. The van der Waals surface area contributed by atoms with E-state index in [1.807, 2.05) is 0 Å². The Morgan fingerprint density at radius 2 is 1.79 bits per heavy atom. The molecule has 4 fully saturated rings. The van der Waals surface area contributed by atoms with Crippen LogP contribution >= 0.6 is 0 Å². The molecule has 24 heavy (non-hydrogen) atoms. The van der Waals surface area contributed by atoms with Gasteiger partial charge in [0, 0.05) is 12.1 Å². The molecule has 4 saturated carbocycles. The summed E-state index contributed by atoms with van der Waals surface area (Å²) < 4.78 is 5.33. The van der Waals surface area contributed by atoms with Gasteiger partial charge in [-0.25, -0.2) is 0 Å². The average Bonchev–Trinajstić information content (AvgIpc) is 3.07. The summed E-state index contributed by atoms with van der Waals surface area (Å²) >= 11 is 0. The Morgan fingerprint density at radius 1 is 1.08 bits per heavy atom. The zero-order valence-corrected chi connectivity index (χ0v) is 15.3. The Kier molecular flexibility index (Phi) is 3.33. The van der Waals surface area contributed by atoms with Crippen LogP contribution in [0.2, 0.25) is 0 Å². The van der Waals surface area contributed by atoms with Crippen molar-refractivity contribution in [2.75, 3.05) is 13.7 Å². The van der Waals surface area contributed by atoms with Gasteiger partial charge in [-0.05, 0) is 85.9 Å². The maximum Gasteiger partial charge on any atom is 0.118 e. The molecule has 1 aromatic carbocycles. The molecule has 2 nitrogen and oxygen atoms in total. The van der Waals surface area contributed by atoms with E-state index in [-0.39, 0.29) is 0 Å². The summed E-state index contributed by atoms with van der Waals surface area (Å²) in [6.45, 7) is 4.74. The van der Waals surface area contributed by atoms with E-state index in [0.717, 1.165) is 35.5 Å². The molecule has 0 saturated heterocycles. The van der Waals surface area contributed by atoms with Gasteiger partial charge in [0.1, 0.15) is 5.75 Å². The van der Waals surface area contributed by atoms with Crippen LogP contribution in [0.4, 0.5) is 0 Å². The Labute approximate surface area is 146 Å². The van der Waals surface area contributed by atoms with Gasteiger partial charge in [0.15, 0.2) is 0 Å². The van der Waals surface area contributed by atoms with Gasteiger partial charge in [-0.15, -0.1) is 0 Å². The van der Waals surface area contributed by atoms with Crippen molar-refractivity contribution in [3.63, 3.8) is 0 Å². The van der Waals surface area contributed by atoms with Gasteiger partial charge in [-0.2, -0.15) is 0 Å².